The SMILES string of the molecule is OCC(COCc1ccccc1)C(O)CCOCc1ccccc1. The summed E-state index contributed by atoms with van der Waals surface area (Å²) in [5, 5.41) is 19.6. The molecule has 4 nitrogen and oxygen atoms in total. The van der Waals surface area contributed by atoms with Crippen molar-refractivity contribution in [2.75, 3.05) is 19.8 Å². The number of aliphatic hydroxyl groups excluding tert-OH is 2. The second-order valence-electron chi connectivity index (χ2n) is 5.84. The molecule has 2 N–H and O–H groups in total. The molecule has 0 saturated heterocycles. The molecule has 0 bridgehead atoms. The van der Waals surface area contributed by atoms with Crippen LogP contribution in [-0.4, -0.2) is 36.1 Å². The zero-order valence-electron chi connectivity index (χ0n) is 13.9. The van der Waals surface area contributed by atoms with E-state index in [0.717, 1.165) is 11.1 Å². The average molecular weight is 330 g/mol. The molecule has 2 unspecified atom stereocenters. The van der Waals surface area contributed by atoms with Crippen molar-refractivity contribution in [3.63, 3.8) is 0 Å². The maximum absolute atomic E-state index is 10.2. The minimum atomic E-state index is -0.637. The number of hydrogen-bond acceptors (Lipinski definition) is 4. The first-order valence-corrected chi connectivity index (χ1v) is 8.32. The molecule has 2 atom stereocenters. The molecule has 2 rings (SSSR count). The van der Waals surface area contributed by atoms with E-state index in [4.69, 9.17) is 9.47 Å². The quantitative estimate of drug-likeness (QED) is 0.622. The third kappa shape index (κ3) is 6.81. The van der Waals surface area contributed by atoms with E-state index in [1.807, 2.05) is 60.7 Å². The van der Waals surface area contributed by atoms with Gasteiger partial charge in [0.15, 0.2) is 0 Å². The van der Waals surface area contributed by atoms with Crippen LogP contribution in [-0.2, 0) is 22.7 Å². The molecule has 0 aliphatic heterocycles. The second-order valence-corrected chi connectivity index (χ2v) is 5.84. The van der Waals surface area contributed by atoms with Crippen LogP contribution in [0, 0.1) is 5.92 Å². The maximum atomic E-state index is 10.2. The van der Waals surface area contributed by atoms with E-state index in [2.05, 4.69) is 0 Å². The van der Waals surface area contributed by atoms with Crippen LogP contribution >= 0.6 is 0 Å². The van der Waals surface area contributed by atoms with Gasteiger partial charge in [-0.15, -0.1) is 0 Å². The van der Waals surface area contributed by atoms with Gasteiger partial charge < -0.3 is 19.7 Å². The number of aliphatic hydroxyl groups is 2. The highest BCUT2D eigenvalue weighted by atomic mass is 16.5. The normalized spacial score (nSPS) is 13.6. The lowest BCUT2D eigenvalue weighted by molar-refractivity contribution is -0.0200. The summed E-state index contributed by atoms with van der Waals surface area (Å²) in [5.41, 5.74) is 2.19. The Hall–Kier alpha value is -1.72. The van der Waals surface area contributed by atoms with E-state index in [1.54, 1.807) is 0 Å². The first-order chi connectivity index (χ1) is 11.8. The van der Waals surface area contributed by atoms with Crippen LogP contribution in [0.25, 0.3) is 0 Å². The molecule has 0 aromatic heterocycles. The summed E-state index contributed by atoms with van der Waals surface area (Å²) in [6, 6.07) is 19.8. The minimum absolute atomic E-state index is 0.103. The molecule has 0 heterocycles. The van der Waals surface area contributed by atoms with E-state index >= 15 is 0 Å². The highest BCUT2D eigenvalue weighted by Gasteiger charge is 2.18. The molecular weight excluding hydrogens is 304 g/mol. The van der Waals surface area contributed by atoms with Gasteiger partial charge in [-0.25, -0.2) is 0 Å². The molecule has 24 heavy (non-hydrogen) atoms. The Bertz CT molecular complexity index is 544. The summed E-state index contributed by atoms with van der Waals surface area (Å²) in [6.07, 6.45) is -0.159. The summed E-state index contributed by atoms with van der Waals surface area (Å²) >= 11 is 0. The third-order valence-corrected chi connectivity index (χ3v) is 3.89. The van der Waals surface area contributed by atoms with Gasteiger partial charge in [0.1, 0.15) is 0 Å². The van der Waals surface area contributed by atoms with E-state index < -0.39 is 6.10 Å². The van der Waals surface area contributed by atoms with Crippen LogP contribution in [0.2, 0.25) is 0 Å². The monoisotopic (exact) mass is 330 g/mol. The van der Waals surface area contributed by atoms with E-state index in [9.17, 15) is 10.2 Å². The van der Waals surface area contributed by atoms with Crippen LogP contribution < -0.4 is 0 Å². The fraction of sp³-hybridized carbons (Fsp3) is 0.400. The molecule has 0 fully saturated rings. The van der Waals surface area contributed by atoms with E-state index in [1.165, 1.54) is 0 Å². The van der Waals surface area contributed by atoms with Crippen LogP contribution in [0.5, 0.6) is 0 Å². The van der Waals surface area contributed by atoms with Gasteiger partial charge in [0.2, 0.25) is 0 Å². The van der Waals surface area contributed by atoms with Gasteiger partial charge in [0.25, 0.3) is 0 Å². The lowest BCUT2D eigenvalue weighted by atomic mass is 10.0. The number of rotatable bonds is 11. The summed E-state index contributed by atoms with van der Waals surface area (Å²) in [6.45, 7) is 1.68. The van der Waals surface area contributed by atoms with Gasteiger partial charge in [-0.3, -0.25) is 0 Å². The third-order valence-electron chi connectivity index (χ3n) is 3.89. The van der Waals surface area contributed by atoms with Crippen molar-refractivity contribution in [3.8, 4) is 0 Å². The Kier molecular flexibility index (Phi) is 8.49. The first-order valence-electron chi connectivity index (χ1n) is 8.32. The Morgan fingerprint density at radius 2 is 1.33 bits per heavy atom. The number of ether oxygens (including phenoxy) is 2. The lowest BCUT2D eigenvalue weighted by Gasteiger charge is -2.21. The smallest absolute Gasteiger partial charge is 0.0717 e. The van der Waals surface area contributed by atoms with Crippen molar-refractivity contribution in [1.29, 1.82) is 0 Å². The van der Waals surface area contributed by atoms with Crippen LogP contribution in [0.4, 0.5) is 0 Å². The largest absolute Gasteiger partial charge is 0.396 e. The molecular formula is C20H26O4. The number of benzene rings is 2. The van der Waals surface area contributed by atoms with Crippen molar-refractivity contribution < 1.29 is 19.7 Å². The van der Waals surface area contributed by atoms with E-state index in [0.29, 0.717) is 32.8 Å². The van der Waals surface area contributed by atoms with Crippen LogP contribution in [0.1, 0.15) is 17.5 Å². The first kappa shape index (κ1) is 18.6. The summed E-state index contributed by atoms with van der Waals surface area (Å²) < 4.78 is 11.2. The molecule has 2 aromatic rings. The Morgan fingerprint density at radius 1 is 0.792 bits per heavy atom. The fourth-order valence-corrected chi connectivity index (χ4v) is 2.39. The zero-order chi connectivity index (χ0) is 17.0. The Labute approximate surface area is 143 Å². The van der Waals surface area contributed by atoms with Gasteiger partial charge in [-0.2, -0.15) is 0 Å². The standard InChI is InChI=1S/C20H26O4/c21-13-19(16-24-15-18-9-5-2-6-10-18)20(22)11-12-23-14-17-7-3-1-4-8-17/h1-10,19-22H,11-16H2. The van der Waals surface area contributed by atoms with Crippen molar-refractivity contribution in [2.45, 2.75) is 25.7 Å². The summed E-state index contributed by atoms with van der Waals surface area (Å²) in [7, 11) is 0. The van der Waals surface area contributed by atoms with Gasteiger partial charge in [0.05, 0.1) is 32.5 Å². The highest BCUT2D eigenvalue weighted by molar-refractivity contribution is 5.14. The molecule has 0 spiro atoms. The van der Waals surface area contributed by atoms with Crippen molar-refractivity contribution in [2.24, 2.45) is 5.92 Å². The average Bonchev–Trinajstić information content (AvgIpc) is 2.64. The Balaban J connectivity index is 1.62. The molecule has 0 amide bonds. The van der Waals surface area contributed by atoms with Gasteiger partial charge >= 0.3 is 0 Å². The molecule has 0 aliphatic carbocycles. The molecule has 0 radical (unpaired) electrons. The van der Waals surface area contributed by atoms with Crippen molar-refractivity contribution >= 4 is 0 Å². The maximum Gasteiger partial charge on any atom is 0.0717 e. The second kappa shape index (κ2) is 10.9. The predicted molar refractivity (Wildman–Crippen MR) is 93.4 cm³/mol. The molecule has 4 heteroatoms. The summed E-state index contributed by atoms with van der Waals surface area (Å²) in [4.78, 5) is 0. The van der Waals surface area contributed by atoms with Gasteiger partial charge in [-0.05, 0) is 17.5 Å². The topological polar surface area (TPSA) is 58.9 Å². The summed E-state index contributed by atoms with van der Waals surface area (Å²) in [5.74, 6) is -0.297. The highest BCUT2D eigenvalue weighted by Crippen LogP contribution is 2.11. The van der Waals surface area contributed by atoms with Crippen LogP contribution in [0.3, 0.4) is 0 Å². The fourth-order valence-electron chi connectivity index (χ4n) is 2.39. The molecule has 2 aromatic carbocycles. The minimum Gasteiger partial charge on any atom is -0.396 e. The lowest BCUT2D eigenvalue weighted by Crippen LogP contribution is -2.29. The van der Waals surface area contributed by atoms with Crippen molar-refractivity contribution in [3.05, 3.63) is 71.8 Å². The number of hydrogen-bond donors (Lipinski definition) is 2. The van der Waals surface area contributed by atoms with Gasteiger partial charge in [-0.1, -0.05) is 60.7 Å². The van der Waals surface area contributed by atoms with Gasteiger partial charge in [0, 0.05) is 12.5 Å². The van der Waals surface area contributed by atoms with Crippen LogP contribution in [0.15, 0.2) is 60.7 Å². The zero-order valence-corrected chi connectivity index (χ0v) is 13.9. The van der Waals surface area contributed by atoms with Crippen molar-refractivity contribution in [1.82, 2.24) is 0 Å². The van der Waals surface area contributed by atoms with E-state index in [-0.39, 0.29) is 12.5 Å². The molecule has 0 saturated carbocycles. The molecule has 130 valence electrons. The Morgan fingerprint density at radius 3 is 1.88 bits per heavy atom. The predicted octanol–water partition coefficient (Wildman–Crippen LogP) is 2.78. The molecule has 0 aliphatic rings.